The molecule has 0 saturated carbocycles. The minimum Gasteiger partial charge on any atom is -0.366 e. The Balaban J connectivity index is 2.13. The Bertz CT molecular complexity index is 579. The van der Waals surface area contributed by atoms with E-state index in [0.29, 0.717) is 5.15 Å². The zero-order valence-corrected chi connectivity index (χ0v) is 13.0. The highest BCUT2D eigenvalue weighted by molar-refractivity contribution is 6.30. The first kappa shape index (κ1) is 14.8. The molecule has 0 saturated heterocycles. The van der Waals surface area contributed by atoms with Crippen LogP contribution in [0.3, 0.4) is 0 Å². The van der Waals surface area contributed by atoms with Gasteiger partial charge in [0.25, 0.3) is 0 Å². The highest BCUT2D eigenvalue weighted by atomic mass is 35.5. The molecule has 0 spiro atoms. The molecule has 0 atom stereocenters. The predicted octanol–water partition coefficient (Wildman–Crippen LogP) is 4.31. The number of benzene rings is 1. The number of rotatable bonds is 5. The molecular weight excluding hydrogens is 270 g/mol. The molecule has 4 heteroatoms. The molecule has 1 aromatic heterocycles. The van der Waals surface area contributed by atoms with Crippen LogP contribution in [-0.4, -0.2) is 9.97 Å². The predicted molar refractivity (Wildman–Crippen MR) is 84.3 cm³/mol. The number of halogens is 1. The monoisotopic (exact) mass is 289 g/mol. The normalized spacial score (nSPS) is 10.6. The summed E-state index contributed by atoms with van der Waals surface area (Å²) < 4.78 is 0. The molecule has 106 valence electrons. The fraction of sp³-hybridized carbons (Fsp3) is 0.375. The van der Waals surface area contributed by atoms with Gasteiger partial charge in [-0.2, -0.15) is 0 Å². The number of anilines is 1. The minimum atomic E-state index is 0.537. The fourth-order valence-electron chi connectivity index (χ4n) is 1.93. The summed E-state index contributed by atoms with van der Waals surface area (Å²) >= 11 is 6.17. The van der Waals surface area contributed by atoms with Crippen LogP contribution in [0.15, 0.2) is 24.3 Å². The highest BCUT2D eigenvalue weighted by Crippen LogP contribution is 2.21. The van der Waals surface area contributed by atoms with Crippen LogP contribution < -0.4 is 5.32 Å². The van der Waals surface area contributed by atoms with E-state index in [1.54, 1.807) is 0 Å². The van der Waals surface area contributed by atoms with Crippen molar-refractivity contribution in [1.82, 2.24) is 9.97 Å². The van der Waals surface area contributed by atoms with Crippen LogP contribution in [0.25, 0.3) is 0 Å². The van der Waals surface area contributed by atoms with Crippen LogP contribution in [0.5, 0.6) is 0 Å². The molecule has 1 heterocycles. The lowest BCUT2D eigenvalue weighted by atomic mass is 10.1. The number of nitrogens with one attached hydrogen (secondary N) is 1. The number of aryl methyl sites for hydroxylation is 2. The summed E-state index contributed by atoms with van der Waals surface area (Å²) in [5, 5.41) is 3.89. The van der Waals surface area contributed by atoms with E-state index in [-0.39, 0.29) is 0 Å². The standard InChI is InChI=1S/C16H20ClN3/c1-4-5-14-19-15(17)12(3)16(20-14)18-10-13-8-6-11(2)7-9-13/h6-9H,4-5,10H2,1-3H3,(H,18,19,20). The van der Waals surface area contributed by atoms with Gasteiger partial charge in [0, 0.05) is 18.5 Å². The molecular formula is C16H20ClN3. The summed E-state index contributed by atoms with van der Waals surface area (Å²) in [7, 11) is 0. The summed E-state index contributed by atoms with van der Waals surface area (Å²) in [6.07, 6.45) is 1.86. The van der Waals surface area contributed by atoms with Crippen molar-refractivity contribution in [3.05, 3.63) is 51.9 Å². The van der Waals surface area contributed by atoms with Crippen LogP contribution in [0, 0.1) is 13.8 Å². The van der Waals surface area contributed by atoms with Crippen molar-refractivity contribution < 1.29 is 0 Å². The van der Waals surface area contributed by atoms with Crippen LogP contribution in [0.1, 0.15) is 35.9 Å². The highest BCUT2D eigenvalue weighted by Gasteiger charge is 2.08. The molecule has 1 N–H and O–H groups in total. The van der Waals surface area contributed by atoms with Crippen molar-refractivity contribution >= 4 is 17.4 Å². The molecule has 1 aromatic carbocycles. The second kappa shape index (κ2) is 6.71. The van der Waals surface area contributed by atoms with E-state index >= 15 is 0 Å². The summed E-state index contributed by atoms with van der Waals surface area (Å²) in [6.45, 7) is 6.87. The molecule has 0 unspecified atom stereocenters. The molecule has 0 amide bonds. The van der Waals surface area contributed by atoms with Gasteiger partial charge in [-0.25, -0.2) is 9.97 Å². The van der Waals surface area contributed by atoms with Gasteiger partial charge < -0.3 is 5.32 Å². The summed E-state index contributed by atoms with van der Waals surface area (Å²) in [5.41, 5.74) is 3.39. The van der Waals surface area contributed by atoms with Gasteiger partial charge in [0.05, 0.1) is 0 Å². The average molecular weight is 290 g/mol. The first-order valence-electron chi connectivity index (χ1n) is 6.92. The Labute approximate surface area is 125 Å². The molecule has 0 aliphatic rings. The van der Waals surface area contributed by atoms with Crippen LogP contribution in [0.2, 0.25) is 5.15 Å². The van der Waals surface area contributed by atoms with Gasteiger partial charge in [-0.1, -0.05) is 48.4 Å². The molecule has 0 aliphatic carbocycles. The van der Waals surface area contributed by atoms with E-state index in [4.69, 9.17) is 11.6 Å². The van der Waals surface area contributed by atoms with Crippen molar-refractivity contribution in [3.63, 3.8) is 0 Å². The van der Waals surface area contributed by atoms with Gasteiger partial charge in [0.1, 0.15) is 16.8 Å². The van der Waals surface area contributed by atoms with Gasteiger partial charge in [-0.15, -0.1) is 0 Å². The lowest BCUT2D eigenvalue weighted by Crippen LogP contribution is -2.07. The average Bonchev–Trinajstić information content (AvgIpc) is 2.43. The van der Waals surface area contributed by atoms with E-state index in [9.17, 15) is 0 Å². The Morgan fingerprint density at radius 3 is 2.45 bits per heavy atom. The number of hydrogen-bond donors (Lipinski definition) is 1. The molecule has 20 heavy (non-hydrogen) atoms. The van der Waals surface area contributed by atoms with Gasteiger partial charge in [-0.3, -0.25) is 0 Å². The summed E-state index contributed by atoms with van der Waals surface area (Å²) in [4.78, 5) is 8.85. The molecule has 2 aromatic rings. The maximum Gasteiger partial charge on any atom is 0.137 e. The Kier molecular flexibility index (Phi) is 4.96. The third-order valence-corrected chi connectivity index (χ3v) is 3.55. The summed E-state index contributed by atoms with van der Waals surface area (Å²) in [5.74, 6) is 1.63. The van der Waals surface area contributed by atoms with Crippen molar-refractivity contribution in [3.8, 4) is 0 Å². The van der Waals surface area contributed by atoms with Crippen molar-refractivity contribution in [1.29, 1.82) is 0 Å². The first-order valence-corrected chi connectivity index (χ1v) is 7.30. The smallest absolute Gasteiger partial charge is 0.137 e. The van der Waals surface area contributed by atoms with Crippen molar-refractivity contribution in [2.45, 2.75) is 40.2 Å². The third-order valence-electron chi connectivity index (χ3n) is 3.19. The van der Waals surface area contributed by atoms with Crippen LogP contribution in [0.4, 0.5) is 5.82 Å². The van der Waals surface area contributed by atoms with Crippen LogP contribution >= 0.6 is 11.6 Å². The Hall–Kier alpha value is -1.61. The van der Waals surface area contributed by atoms with Crippen molar-refractivity contribution in [2.75, 3.05) is 5.32 Å². The maximum atomic E-state index is 6.17. The lowest BCUT2D eigenvalue weighted by Gasteiger charge is -2.11. The molecule has 2 rings (SSSR count). The second-order valence-corrected chi connectivity index (χ2v) is 5.35. The Morgan fingerprint density at radius 2 is 1.80 bits per heavy atom. The number of hydrogen-bond acceptors (Lipinski definition) is 3. The number of aromatic nitrogens is 2. The van der Waals surface area contributed by atoms with E-state index < -0.39 is 0 Å². The van der Waals surface area contributed by atoms with Crippen LogP contribution in [-0.2, 0) is 13.0 Å². The molecule has 0 bridgehead atoms. The van der Waals surface area contributed by atoms with Gasteiger partial charge in [-0.05, 0) is 25.8 Å². The third kappa shape index (κ3) is 3.70. The number of nitrogens with zero attached hydrogens (tertiary/aromatic N) is 2. The van der Waals surface area contributed by atoms with Crippen molar-refractivity contribution in [2.24, 2.45) is 0 Å². The molecule has 0 radical (unpaired) electrons. The van der Waals surface area contributed by atoms with Gasteiger partial charge >= 0.3 is 0 Å². The van der Waals surface area contributed by atoms with E-state index in [1.807, 2.05) is 6.92 Å². The van der Waals surface area contributed by atoms with E-state index in [2.05, 4.69) is 53.4 Å². The van der Waals surface area contributed by atoms with Gasteiger partial charge in [0.15, 0.2) is 0 Å². The minimum absolute atomic E-state index is 0.537. The Morgan fingerprint density at radius 1 is 1.10 bits per heavy atom. The molecule has 0 fully saturated rings. The first-order chi connectivity index (χ1) is 9.60. The van der Waals surface area contributed by atoms with Gasteiger partial charge in [0.2, 0.25) is 0 Å². The quantitative estimate of drug-likeness (QED) is 0.834. The van der Waals surface area contributed by atoms with E-state index in [0.717, 1.165) is 36.6 Å². The fourth-order valence-corrected chi connectivity index (χ4v) is 2.12. The SMILES string of the molecule is CCCc1nc(Cl)c(C)c(NCc2ccc(C)cc2)n1. The summed E-state index contributed by atoms with van der Waals surface area (Å²) in [6, 6.07) is 8.46. The zero-order chi connectivity index (χ0) is 14.5. The molecule has 3 nitrogen and oxygen atoms in total. The lowest BCUT2D eigenvalue weighted by molar-refractivity contribution is 0.830. The topological polar surface area (TPSA) is 37.8 Å². The zero-order valence-electron chi connectivity index (χ0n) is 12.2. The molecule has 0 aliphatic heterocycles. The largest absolute Gasteiger partial charge is 0.366 e. The van der Waals surface area contributed by atoms with E-state index in [1.165, 1.54) is 11.1 Å². The maximum absolute atomic E-state index is 6.17. The second-order valence-electron chi connectivity index (χ2n) is 4.99.